The number of carbonyl (C=O) groups is 2. The first-order chi connectivity index (χ1) is 33.6. The molecule has 396 valence electrons. The largest absolute Gasteiger partial charge is 0.463 e. The zero-order valence-electron chi connectivity index (χ0n) is 45.6. The first-order valence-electron chi connectivity index (χ1n) is 29.8. The van der Waals surface area contributed by atoms with Crippen LogP contribution in [0.15, 0.2) is 60.8 Å². The van der Waals surface area contributed by atoms with Gasteiger partial charge in [0.15, 0.2) is 0 Å². The van der Waals surface area contributed by atoms with Crippen LogP contribution < -0.4 is 0 Å². The molecular weight excluding hydrogens is 837 g/mol. The minimum Gasteiger partial charge on any atom is -0.463 e. The number of rotatable bonds is 55. The van der Waals surface area contributed by atoms with E-state index in [-0.39, 0.29) is 25.2 Å². The molecule has 0 heterocycles. The Morgan fingerprint density at radius 1 is 0.309 bits per heavy atom. The molecule has 0 bridgehead atoms. The third-order valence-corrected chi connectivity index (χ3v) is 13.1. The van der Waals surface area contributed by atoms with E-state index < -0.39 is 6.10 Å². The van der Waals surface area contributed by atoms with E-state index in [9.17, 15) is 9.59 Å². The Balaban J connectivity index is 4.28. The summed E-state index contributed by atoms with van der Waals surface area (Å²) < 4.78 is 17.5. The van der Waals surface area contributed by atoms with Crippen LogP contribution in [0.4, 0.5) is 0 Å². The topological polar surface area (TPSA) is 61.8 Å². The molecular formula is C63H114O5. The maximum Gasteiger partial charge on any atom is 0.305 e. The molecule has 1 atom stereocenters. The highest BCUT2D eigenvalue weighted by Gasteiger charge is 2.16. The zero-order valence-corrected chi connectivity index (χ0v) is 45.6. The van der Waals surface area contributed by atoms with E-state index in [2.05, 4.69) is 81.5 Å². The Morgan fingerprint density at radius 3 is 0.897 bits per heavy atom. The van der Waals surface area contributed by atoms with E-state index in [0.29, 0.717) is 19.4 Å². The molecule has 5 heteroatoms. The van der Waals surface area contributed by atoms with Gasteiger partial charge in [0.25, 0.3) is 0 Å². The van der Waals surface area contributed by atoms with Crippen LogP contribution in [0.1, 0.15) is 303 Å². The Kier molecular flexibility index (Phi) is 56.8. The van der Waals surface area contributed by atoms with Gasteiger partial charge < -0.3 is 14.2 Å². The van der Waals surface area contributed by atoms with Crippen molar-refractivity contribution >= 4 is 11.9 Å². The molecule has 0 spiro atoms. The first kappa shape index (κ1) is 65.6. The van der Waals surface area contributed by atoms with Gasteiger partial charge in [-0.1, -0.05) is 261 Å². The fourth-order valence-electron chi connectivity index (χ4n) is 8.52. The van der Waals surface area contributed by atoms with Crippen molar-refractivity contribution in [2.24, 2.45) is 0 Å². The number of esters is 2. The van der Waals surface area contributed by atoms with Gasteiger partial charge in [-0.2, -0.15) is 0 Å². The molecule has 0 N–H and O–H groups in total. The van der Waals surface area contributed by atoms with E-state index in [1.807, 2.05) is 0 Å². The summed E-state index contributed by atoms with van der Waals surface area (Å²) in [5.74, 6) is -0.351. The predicted octanol–water partition coefficient (Wildman–Crippen LogP) is 20.5. The quantitative estimate of drug-likeness (QED) is 0.0345. The maximum atomic E-state index is 12.7. The molecule has 0 radical (unpaired) electrons. The minimum absolute atomic E-state index is 0.146. The Hall–Kier alpha value is -2.40. The molecule has 0 amide bonds. The average Bonchev–Trinajstić information content (AvgIpc) is 3.34. The monoisotopic (exact) mass is 951 g/mol. The van der Waals surface area contributed by atoms with Crippen LogP contribution in [0.2, 0.25) is 0 Å². The summed E-state index contributed by atoms with van der Waals surface area (Å²) in [7, 11) is 0. The van der Waals surface area contributed by atoms with Crippen molar-refractivity contribution in [3.8, 4) is 0 Å². The number of hydrogen-bond donors (Lipinski definition) is 0. The first-order valence-corrected chi connectivity index (χ1v) is 29.8. The minimum atomic E-state index is -0.411. The summed E-state index contributed by atoms with van der Waals surface area (Å²) in [5.41, 5.74) is 0. The lowest BCUT2D eigenvalue weighted by Crippen LogP contribution is -2.29. The Bertz CT molecular complexity index is 1170. The molecule has 0 aromatic heterocycles. The van der Waals surface area contributed by atoms with Gasteiger partial charge in [-0.15, -0.1) is 0 Å². The van der Waals surface area contributed by atoms with E-state index in [1.165, 1.54) is 193 Å². The summed E-state index contributed by atoms with van der Waals surface area (Å²) in [5, 5.41) is 0. The number of ether oxygens (including phenoxy) is 3. The van der Waals surface area contributed by atoms with Gasteiger partial charge in [-0.05, 0) is 89.9 Å². The van der Waals surface area contributed by atoms with Gasteiger partial charge in [-0.3, -0.25) is 9.59 Å². The van der Waals surface area contributed by atoms with Crippen LogP contribution in [-0.4, -0.2) is 37.9 Å². The summed E-state index contributed by atoms with van der Waals surface area (Å²) in [6.07, 6.45) is 75.5. The van der Waals surface area contributed by atoms with Crippen LogP contribution in [0, 0.1) is 0 Å². The van der Waals surface area contributed by atoms with E-state index in [1.54, 1.807) is 0 Å². The van der Waals surface area contributed by atoms with Gasteiger partial charge >= 0.3 is 11.9 Å². The Labute approximate surface area is 424 Å². The van der Waals surface area contributed by atoms with Crippen LogP contribution in [0.25, 0.3) is 0 Å². The molecule has 0 aliphatic rings. The standard InChI is InChI=1S/C63H114O5/c1-4-7-10-13-16-19-22-25-28-31-32-34-36-39-42-45-48-51-54-57-63(65)68-60-61(66-58-55-52-49-46-43-40-37-30-27-24-21-18-15-12-9-6-3)59-67-62(64)56-53-50-47-44-41-38-35-33-29-26-23-20-17-14-11-8-5-2/h16-17,19-20,25-26,28-29,35,38,61H,4-15,18,21-24,27,30-34,36-37,39-60H2,1-3H3/b19-16-,20-17-,28-25-,29-26-,38-35-/t61-/m0/s1. The van der Waals surface area contributed by atoms with E-state index >= 15 is 0 Å². The highest BCUT2D eigenvalue weighted by atomic mass is 16.6. The molecule has 0 saturated carbocycles. The van der Waals surface area contributed by atoms with Crippen molar-refractivity contribution in [1.82, 2.24) is 0 Å². The lowest BCUT2D eigenvalue weighted by atomic mass is 10.0. The second-order valence-electron chi connectivity index (χ2n) is 19.9. The van der Waals surface area contributed by atoms with Crippen LogP contribution in [0.3, 0.4) is 0 Å². The molecule has 0 aromatic carbocycles. The van der Waals surface area contributed by atoms with Gasteiger partial charge in [0.05, 0.1) is 0 Å². The van der Waals surface area contributed by atoms with Gasteiger partial charge in [0.1, 0.15) is 19.3 Å². The van der Waals surface area contributed by atoms with Crippen molar-refractivity contribution in [1.29, 1.82) is 0 Å². The molecule has 68 heavy (non-hydrogen) atoms. The molecule has 0 aliphatic heterocycles. The highest BCUT2D eigenvalue weighted by Crippen LogP contribution is 2.16. The summed E-state index contributed by atoms with van der Waals surface area (Å²) in [6.45, 7) is 7.69. The van der Waals surface area contributed by atoms with Gasteiger partial charge in [0, 0.05) is 19.4 Å². The van der Waals surface area contributed by atoms with Crippen molar-refractivity contribution in [2.75, 3.05) is 19.8 Å². The number of allylic oxidation sites excluding steroid dienone is 10. The van der Waals surface area contributed by atoms with Gasteiger partial charge in [-0.25, -0.2) is 0 Å². The van der Waals surface area contributed by atoms with Crippen molar-refractivity contribution < 1.29 is 23.8 Å². The third-order valence-electron chi connectivity index (χ3n) is 13.1. The molecule has 0 unspecified atom stereocenters. The fourth-order valence-corrected chi connectivity index (χ4v) is 8.52. The summed E-state index contributed by atoms with van der Waals surface area (Å²) in [4.78, 5) is 25.3. The van der Waals surface area contributed by atoms with Crippen LogP contribution in [-0.2, 0) is 23.8 Å². The lowest BCUT2D eigenvalue weighted by Gasteiger charge is -2.18. The number of carbonyl (C=O) groups excluding carboxylic acids is 2. The summed E-state index contributed by atoms with van der Waals surface area (Å²) >= 11 is 0. The number of unbranched alkanes of at least 4 members (excludes halogenated alkanes) is 34. The lowest BCUT2D eigenvalue weighted by molar-refractivity contribution is -0.155. The second kappa shape index (κ2) is 58.9. The van der Waals surface area contributed by atoms with Crippen molar-refractivity contribution in [2.45, 2.75) is 309 Å². The highest BCUT2D eigenvalue weighted by molar-refractivity contribution is 5.69. The van der Waals surface area contributed by atoms with Crippen molar-refractivity contribution in [3.63, 3.8) is 0 Å². The second-order valence-corrected chi connectivity index (χ2v) is 19.9. The SMILES string of the molecule is CCCCC/C=C\C/C=C\C/C=C\CCCCCCC(=O)OC[C@@H](COC(=O)CCCCCCCCCCC/C=C\C/C=C\CCCCC)OCCCCCCCCCCCCCCCCCC. The average molecular weight is 952 g/mol. The van der Waals surface area contributed by atoms with Crippen LogP contribution in [0.5, 0.6) is 0 Å². The normalized spacial score (nSPS) is 12.6. The van der Waals surface area contributed by atoms with E-state index in [0.717, 1.165) is 77.0 Å². The molecule has 5 nitrogen and oxygen atoms in total. The summed E-state index contributed by atoms with van der Waals surface area (Å²) in [6, 6.07) is 0. The van der Waals surface area contributed by atoms with E-state index in [4.69, 9.17) is 14.2 Å². The smallest absolute Gasteiger partial charge is 0.305 e. The molecule has 0 aromatic rings. The third kappa shape index (κ3) is 56.2. The molecule has 0 aliphatic carbocycles. The number of hydrogen-bond acceptors (Lipinski definition) is 5. The fraction of sp³-hybridized carbons (Fsp3) is 0.810. The molecule has 0 fully saturated rings. The Morgan fingerprint density at radius 2 is 0.559 bits per heavy atom. The van der Waals surface area contributed by atoms with Crippen molar-refractivity contribution in [3.05, 3.63) is 60.8 Å². The zero-order chi connectivity index (χ0) is 49.2. The predicted molar refractivity (Wildman–Crippen MR) is 298 cm³/mol. The maximum absolute atomic E-state index is 12.7. The molecule has 0 saturated heterocycles. The molecule has 0 rings (SSSR count). The van der Waals surface area contributed by atoms with Gasteiger partial charge in [0.2, 0.25) is 0 Å². The van der Waals surface area contributed by atoms with Crippen LogP contribution >= 0.6 is 0 Å².